The molecule has 0 unspecified atom stereocenters. The third-order valence-electron chi connectivity index (χ3n) is 6.72. The number of amides is 1. The van der Waals surface area contributed by atoms with Gasteiger partial charge in [-0.2, -0.15) is 0 Å². The lowest BCUT2D eigenvalue weighted by Crippen LogP contribution is -2.61. The van der Waals surface area contributed by atoms with Crippen molar-refractivity contribution >= 4 is 23.0 Å². The molecule has 3 aromatic carbocycles. The van der Waals surface area contributed by atoms with E-state index in [9.17, 15) is 19.3 Å². The summed E-state index contributed by atoms with van der Waals surface area (Å²) in [6.07, 6.45) is 0.412. The number of piperazine rings is 1. The summed E-state index contributed by atoms with van der Waals surface area (Å²) in [5.41, 5.74) is 3.59. The quantitative estimate of drug-likeness (QED) is 0.461. The van der Waals surface area contributed by atoms with E-state index in [1.54, 1.807) is 24.3 Å². The number of para-hydroxylation sites is 1. The van der Waals surface area contributed by atoms with E-state index in [0.29, 0.717) is 25.1 Å². The molecule has 1 fully saturated rings. The fraction of sp³-hybridized carbons (Fsp3) is 0.269. The van der Waals surface area contributed by atoms with Gasteiger partial charge < -0.3 is 15.1 Å². The molecular formula is C26H25FN4O3. The maximum atomic E-state index is 13.6. The Hall–Kier alpha value is -3.94. The average molecular weight is 461 g/mol. The molecule has 0 radical (unpaired) electrons. The van der Waals surface area contributed by atoms with Crippen LogP contribution in [-0.4, -0.2) is 36.5 Å². The average Bonchev–Trinajstić information content (AvgIpc) is 2.86. The molecule has 174 valence electrons. The van der Waals surface area contributed by atoms with Crippen LogP contribution >= 0.6 is 0 Å². The Morgan fingerprint density at radius 2 is 1.88 bits per heavy atom. The number of non-ortho nitro benzene ring substituents is 1. The molecule has 3 aromatic rings. The van der Waals surface area contributed by atoms with Gasteiger partial charge in [0.15, 0.2) is 0 Å². The van der Waals surface area contributed by atoms with Gasteiger partial charge in [-0.3, -0.25) is 14.9 Å². The summed E-state index contributed by atoms with van der Waals surface area (Å²) in [6.45, 7) is 2.38. The van der Waals surface area contributed by atoms with Crippen molar-refractivity contribution in [2.75, 3.05) is 29.4 Å². The minimum atomic E-state index is -0.404. The van der Waals surface area contributed by atoms with Gasteiger partial charge in [0.1, 0.15) is 5.82 Å². The van der Waals surface area contributed by atoms with Crippen LogP contribution in [0.2, 0.25) is 0 Å². The van der Waals surface area contributed by atoms with Crippen LogP contribution in [0.25, 0.3) is 0 Å². The number of rotatable bonds is 5. The van der Waals surface area contributed by atoms with E-state index in [1.165, 1.54) is 18.2 Å². The zero-order valence-corrected chi connectivity index (χ0v) is 18.6. The van der Waals surface area contributed by atoms with Crippen LogP contribution in [0, 0.1) is 21.8 Å². The van der Waals surface area contributed by atoms with Crippen molar-refractivity contribution in [1.82, 2.24) is 5.32 Å². The summed E-state index contributed by atoms with van der Waals surface area (Å²) in [4.78, 5) is 28.8. The number of nitro benzene ring substituents is 1. The van der Waals surface area contributed by atoms with E-state index in [2.05, 4.69) is 27.2 Å². The molecule has 2 aliphatic heterocycles. The van der Waals surface area contributed by atoms with Crippen molar-refractivity contribution in [3.05, 3.63) is 99.9 Å². The van der Waals surface area contributed by atoms with Crippen molar-refractivity contribution in [2.45, 2.75) is 19.0 Å². The van der Waals surface area contributed by atoms with Gasteiger partial charge in [0.2, 0.25) is 5.91 Å². The van der Waals surface area contributed by atoms with Crippen molar-refractivity contribution in [1.29, 1.82) is 0 Å². The molecule has 8 heteroatoms. The minimum absolute atomic E-state index is 0.0269. The van der Waals surface area contributed by atoms with Crippen LogP contribution in [0.4, 0.5) is 21.5 Å². The van der Waals surface area contributed by atoms with Gasteiger partial charge in [-0.1, -0.05) is 30.3 Å². The number of hydrogen-bond acceptors (Lipinski definition) is 5. The Labute approximate surface area is 197 Å². The smallest absolute Gasteiger partial charge is 0.269 e. The van der Waals surface area contributed by atoms with Crippen molar-refractivity contribution in [3.8, 4) is 0 Å². The van der Waals surface area contributed by atoms with Crippen LogP contribution in [-0.2, 0) is 17.8 Å². The first kappa shape index (κ1) is 21.9. The molecule has 0 bridgehead atoms. The Kier molecular flexibility index (Phi) is 5.88. The number of nitrogens with zero attached hydrogens (tertiary/aromatic N) is 3. The number of carbonyl (C=O) groups is 1. The highest BCUT2D eigenvalue weighted by Gasteiger charge is 2.42. The minimum Gasteiger partial charge on any atom is -0.368 e. The zero-order chi connectivity index (χ0) is 23.7. The second-order valence-corrected chi connectivity index (χ2v) is 8.77. The number of anilines is 2. The fourth-order valence-corrected chi connectivity index (χ4v) is 5.06. The molecule has 1 saturated heterocycles. The van der Waals surface area contributed by atoms with Gasteiger partial charge in [0, 0.05) is 49.7 Å². The predicted octanol–water partition coefficient (Wildman–Crippen LogP) is 3.92. The van der Waals surface area contributed by atoms with E-state index in [1.807, 2.05) is 18.2 Å². The number of fused-ring (bicyclic) bond motifs is 3. The highest BCUT2D eigenvalue weighted by atomic mass is 19.1. The van der Waals surface area contributed by atoms with Crippen LogP contribution in [0.5, 0.6) is 0 Å². The molecule has 2 aliphatic rings. The molecule has 0 spiro atoms. The molecule has 0 aromatic heterocycles. The fourth-order valence-electron chi connectivity index (χ4n) is 5.06. The number of hydrogen-bond donors (Lipinski definition) is 1. The Bertz CT molecular complexity index is 1220. The first-order chi connectivity index (χ1) is 16.5. The molecule has 5 rings (SSSR count). The topological polar surface area (TPSA) is 78.7 Å². The molecule has 1 N–H and O–H groups in total. The van der Waals surface area contributed by atoms with Crippen molar-refractivity contribution in [3.63, 3.8) is 0 Å². The maximum Gasteiger partial charge on any atom is 0.269 e. The molecule has 34 heavy (non-hydrogen) atoms. The number of carbonyl (C=O) groups excluding carboxylic acids is 1. The van der Waals surface area contributed by atoms with Crippen molar-refractivity contribution in [2.24, 2.45) is 5.92 Å². The van der Waals surface area contributed by atoms with Gasteiger partial charge in [-0.05, 0) is 47.9 Å². The standard InChI is InChI=1S/C26H25FN4O3/c27-20-6-4-5-18(13-20)16-28-26(32)23-15-19-14-22(31(33)34)9-10-24(19)30-12-11-29(17-25(23)30)21-7-2-1-3-8-21/h1-10,13-14,23,25H,11-12,15-17H2,(H,28,32)/t23-,25-/m0/s1. The van der Waals surface area contributed by atoms with E-state index in [0.717, 1.165) is 23.5 Å². The van der Waals surface area contributed by atoms with Gasteiger partial charge in [0.25, 0.3) is 5.69 Å². The molecule has 0 aliphatic carbocycles. The predicted molar refractivity (Wildman–Crippen MR) is 128 cm³/mol. The molecule has 1 amide bonds. The van der Waals surface area contributed by atoms with Gasteiger partial charge in [0.05, 0.1) is 16.9 Å². The molecular weight excluding hydrogens is 435 g/mol. The lowest BCUT2D eigenvalue weighted by Gasteiger charge is -2.49. The number of halogens is 1. The Morgan fingerprint density at radius 3 is 2.65 bits per heavy atom. The Morgan fingerprint density at radius 1 is 1.06 bits per heavy atom. The third kappa shape index (κ3) is 4.31. The highest BCUT2D eigenvalue weighted by Crippen LogP contribution is 2.38. The summed E-state index contributed by atoms with van der Waals surface area (Å²) < 4.78 is 13.6. The van der Waals surface area contributed by atoms with Crippen LogP contribution in [0.1, 0.15) is 11.1 Å². The normalized spacial score (nSPS) is 19.2. The number of nitrogens with one attached hydrogen (secondary N) is 1. The Balaban J connectivity index is 1.43. The van der Waals surface area contributed by atoms with Gasteiger partial charge >= 0.3 is 0 Å². The first-order valence-electron chi connectivity index (χ1n) is 11.4. The summed E-state index contributed by atoms with van der Waals surface area (Å²) in [5.74, 6) is -0.872. The molecule has 2 heterocycles. The molecule has 2 atom stereocenters. The van der Waals surface area contributed by atoms with E-state index < -0.39 is 10.8 Å². The van der Waals surface area contributed by atoms with Crippen LogP contribution in [0.3, 0.4) is 0 Å². The van der Waals surface area contributed by atoms with E-state index in [-0.39, 0.29) is 30.0 Å². The lowest BCUT2D eigenvalue weighted by molar-refractivity contribution is -0.384. The summed E-state index contributed by atoms with van der Waals surface area (Å²) >= 11 is 0. The van der Waals surface area contributed by atoms with Crippen LogP contribution in [0.15, 0.2) is 72.8 Å². The molecule has 0 saturated carbocycles. The van der Waals surface area contributed by atoms with Crippen LogP contribution < -0.4 is 15.1 Å². The second-order valence-electron chi connectivity index (χ2n) is 8.77. The van der Waals surface area contributed by atoms with Gasteiger partial charge in [-0.15, -0.1) is 0 Å². The summed E-state index contributed by atoms with van der Waals surface area (Å²) in [6, 6.07) is 21.1. The molecule has 7 nitrogen and oxygen atoms in total. The summed E-state index contributed by atoms with van der Waals surface area (Å²) in [7, 11) is 0. The highest BCUT2D eigenvalue weighted by molar-refractivity contribution is 5.82. The van der Waals surface area contributed by atoms with E-state index >= 15 is 0 Å². The largest absolute Gasteiger partial charge is 0.368 e. The van der Waals surface area contributed by atoms with E-state index in [4.69, 9.17) is 0 Å². The third-order valence-corrected chi connectivity index (χ3v) is 6.72. The number of nitro groups is 1. The first-order valence-corrected chi connectivity index (χ1v) is 11.4. The number of benzene rings is 3. The lowest BCUT2D eigenvalue weighted by atomic mass is 9.83. The SMILES string of the molecule is O=C(NCc1cccc(F)c1)[C@H]1Cc2cc([N+](=O)[O-])ccc2N2CCN(c3ccccc3)C[C@@H]12. The van der Waals surface area contributed by atoms with Crippen molar-refractivity contribution < 1.29 is 14.1 Å². The zero-order valence-electron chi connectivity index (χ0n) is 18.6. The second kappa shape index (κ2) is 9.13. The monoisotopic (exact) mass is 460 g/mol. The maximum absolute atomic E-state index is 13.6. The van der Waals surface area contributed by atoms with Gasteiger partial charge in [-0.25, -0.2) is 4.39 Å². The summed E-state index contributed by atoms with van der Waals surface area (Å²) in [5, 5.41) is 14.3.